The summed E-state index contributed by atoms with van der Waals surface area (Å²) >= 11 is 5.55. The van der Waals surface area contributed by atoms with Gasteiger partial charge in [-0.1, -0.05) is 25.7 Å². The second-order valence-electron chi connectivity index (χ2n) is 4.43. The third-order valence-corrected chi connectivity index (χ3v) is 3.41. The van der Waals surface area contributed by atoms with Gasteiger partial charge in [0.25, 0.3) is 0 Å². The molecule has 3 heteroatoms. The fourth-order valence-corrected chi connectivity index (χ4v) is 2.36. The van der Waals surface area contributed by atoms with Crippen LogP contribution in [0.3, 0.4) is 0 Å². The number of likely N-dealkylation sites (N-methyl/N-ethyl adjacent to an activating group) is 1. The van der Waals surface area contributed by atoms with Gasteiger partial charge in [0.05, 0.1) is 13.2 Å². The Bertz CT molecular complexity index is 147. The van der Waals surface area contributed by atoms with Crippen LogP contribution in [0, 0.1) is 0 Å². The zero-order valence-electron chi connectivity index (χ0n) is 9.88. The lowest BCUT2D eigenvalue weighted by Crippen LogP contribution is -2.34. The summed E-state index contributed by atoms with van der Waals surface area (Å²) in [5.74, 6) is 0.604. The molecule has 1 aliphatic carbocycles. The number of hydrogen-bond donors (Lipinski definition) is 0. The molecule has 1 rings (SSSR count). The molecule has 0 radical (unpaired) electrons. The van der Waals surface area contributed by atoms with E-state index in [4.69, 9.17) is 16.3 Å². The molecule has 0 aromatic rings. The lowest BCUT2D eigenvalue weighted by atomic mass is 10.1. The van der Waals surface area contributed by atoms with Crippen molar-refractivity contribution in [2.45, 2.75) is 44.6 Å². The maximum atomic E-state index is 5.55. The van der Waals surface area contributed by atoms with E-state index in [1.807, 2.05) is 0 Å². The Morgan fingerprint density at radius 2 is 1.80 bits per heavy atom. The Kier molecular flexibility index (Phi) is 7.41. The highest BCUT2D eigenvalue weighted by Crippen LogP contribution is 2.20. The van der Waals surface area contributed by atoms with Crippen LogP contribution in [0.4, 0.5) is 0 Å². The van der Waals surface area contributed by atoms with Crippen molar-refractivity contribution >= 4 is 11.6 Å². The van der Waals surface area contributed by atoms with Gasteiger partial charge in [-0.2, -0.15) is 0 Å². The van der Waals surface area contributed by atoms with E-state index in [0.717, 1.165) is 19.2 Å². The van der Waals surface area contributed by atoms with Crippen LogP contribution in [-0.2, 0) is 4.74 Å². The summed E-state index contributed by atoms with van der Waals surface area (Å²) in [6, 6.07) is 0.784. The topological polar surface area (TPSA) is 12.5 Å². The molecule has 0 heterocycles. The quantitative estimate of drug-likeness (QED) is 0.398. The maximum Gasteiger partial charge on any atom is 0.0602 e. The van der Waals surface area contributed by atoms with Gasteiger partial charge < -0.3 is 9.64 Å². The van der Waals surface area contributed by atoms with Gasteiger partial charge >= 0.3 is 0 Å². The van der Waals surface area contributed by atoms with E-state index in [1.54, 1.807) is 0 Å². The smallest absolute Gasteiger partial charge is 0.0602 e. The Morgan fingerprint density at radius 1 is 1.13 bits per heavy atom. The highest BCUT2D eigenvalue weighted by atomic mass is 35.5. The first kappa shape index (κ1) is 13.3. The molecule has 1 aliphatic rings. The fourth-order valence-electron chi connectivity index (χ4n) is 2.25. The summed E-state index contributed by atoms with van der Waals surface area (Å²) in [5, 5.41) is 0. The highest BCUT2D eigenvalue weighted by molar-refractivity contribution is 6.17. The molecule has 0 saturated heterocycles. The standard InChI is InChI=1S/C12H24ClNO/c1-14(9-11-15-10-8-13)12-6-4-2-3-5-7-12/h12H,2-11H2,1H3. The van der Waals surface area contributed by atoms with Crippen LogP contribution in [0.2, 0.25) is 0 Å². The van der Waals surface area contributed by atoms with Crippen molar-refractivity contribution < 1.29 is 4.74 Å². The Morgan fingerprint density at radius 3 is 2.40 bits per heavy atom. The molecule has 0 atom stereocenters. The zero-order chi connectivity index (χ0) is 10.9. The molecule has 0 amide bonds. The summed E-state index contributed by atoms with van der Waals surface area (Å²) in [7, 11) is 2.22. The van der Waals surface area contributed by atoms with Gasteiger partial charge in [0.2, 0.25) is 0 Å². The van der Waals surface area contributed by atoms with Crippen molar-refractivity contribution in [3.8, 4) is 0 Å². The molecule has 90 valence electrons. The van der Waals surface area contributed by atoms with Crippen LogP contribution < -0.4 is 0 Å². The minimum Gasteiger partial charge on any atom is -0.379 e. The molecule has 0 aliphatic heterocycles. The summed E-state index contributed by atoms with van der Waals surface area (Å²) in [6.07, 6.45) is 8.38. The predicted molar refractivity (Wildman–Crippen MR) is 65.7 cm³/mol. The monoisotopic (exact) mass is 233 g/mol. The van der Waals surface area contributed by atoms with Gasteiger partial charge in [0, 0.05) is 18.5 Å². The van der Waals surface area contributed by atoms with Gasteiger partial charge in [0.15, 0.2) is 0 Å². The Hall–Kier alpha value is 0.210. The maximum absolute atomic E-state index is 5.55. The first-order valence-electron chi connectivity index (χ1n) is 6.18. The lowest BCUT2D eigenvalue weighted by Gasteiger charge is -2.26. The molecule has 0 bridgehead atoms. The van der Waals surface area contributed by atoms with Crippen molar-refractivity contribution in [1.29, 1.82) is 0 Å². The van der Waals surface area contributed by atoms with Crippen molar-refractivity contribution in [2.24, 2.45) is 0 Å². The van der Waals surface area contributed by atoms with Crippen LogP contribution in [0.1, 0.15) is 38.5 Å². The van der Waals surface area contributed by atoms with Crippen LogP contribution >= 0.6 is 11.6 Å². The number of rotatable bonds is 6. The van der Waals surface area contributed by atoms with E-state index in [9.17, 15) is 0 Å². The van der Waals surface area contributed by atoms with Crippen molar-refractivity contribution in [1.82, 2.24) is 4.90 Å². The second-order valence-corrected chi connectivity index (χ2v) is 4.81. The summed E-state index contributed by atoms with van der Waals surface area (Å²) in [5.41, 5.74) is 0. The molecule has 15 heavy (non-hydrogen) atoms. The molecule has 1 saturated carbocycles. The second kappa shape index (κ2) is 8.37. The van der Waals surface area contributed by atoms with Crippen LogP contribution in [0.15, 0.2) is 0 Å². The largest absolute Gasteiger partial charge is 0.379 e. The number of alkyl halides is 1. The molecule has 0 spiro atoms. The van der Waals surface area contributed by atoms with E-state index < -0.39 is 0 Å². The number of halogens is 1. The first-order chi connectivity index (χ1) is 7.34. The lowest BCUT2D eigenvalue weighted by molar-refractivity contribution is 0.104. The summed E-state index contributed by atoms with van der Waals surface area (Å²) in [4.78, 5) is 2.46. The number of hydrogen-bond acceptors (Lipinski definition) is 2. The fraction of sp³-hybridized carbons (Fsp3) is 1.00. The van der Waals surface area contributed by atoms with E-state index in [1.165, 1.54) is 38.5 Å². The molecule has 2 nitrogen and oxygen atoms in total. The van der Waals surface area contributed by atoms with Crippen molar-refractivity contribution in [2.75, 3.05) is 32.7 Å². The van der Waals surface area contributed by atoms with Gasteiger partial charge in [-0.15, -0.1) is 11.6 Å². The van der Waals surface area contributed by atoms with Crippen molar-refractivity contribution in [3.63, 3.8) is 0 Å². The molecular weight excluding hydrogens is 210 g/mol. The van der Waals surface area contributed by atoms with Gasteiger partial charge in [0.1, 0.15) is 0 Å². The van der Waals surface area contributed by atoms with Crippen molar-refractivity contribution in [3.05, 3.63) is 0 Å². The van der Waals surface area contributed by atoms with Gasteiger partial charge in [-0.25, -0.2) is 0 Å². The number of ether oxygens (including phenoxy) is 1. The average molecular weight is 234 g/mol. The summed E-state index contributed by atoms with van der Waals surface area (Å²) in [6.45, 7) is 2.54. The molecule has 0 N–H and O–H groups in total. The average Bonchev–Trinajstić information content (AvgIpc) is 2.52. The highest BCUT2D eigenvalue weighted by Gasteiger charge is 2.16. The minimum absolute atomic E-state index is 0.604. The van der Waals surface area contributed by atoms with Crippen LogP contribution in [-0.4, -0.2) is 43.6 Å². The van der Waals surface area contributed by atoms with Gasteiger partial charge in [-0.3, -0.25) is 0 Å². The Labute approximate surface area is 98.9 Å². The summed E-state index contributed by atoms with van der Waals surface area (Å²) < 4.78 is 5.40. The molecule has 1 fully saturated rings. The molecule has 0 aromatic heterocycles. The number of nitrogens with zero attached hydrogens (tertiary/aromatic N) is 1. The third-order valence-electron chi connectivity index (χ3n) is 3.26. The van der Waals surface area contributed by atoms with Crippen LogP contribution in [0.25, 0.3) is 0 Å². The SMILES string of the molecule is CN(CCOCCCl)C1CCCCCC1. The van der Waals surface area contributed by atoms with E-state index in [2.05, 4.69) is 11.9 Å². The Balaban J connectivity index is 2.11. The zero-order valence-corrected chi connectivity index (χ0v) is 10.6. The van der Waals surface area contributed by atoms with E-state index >= 15 is 0 Å². The van der Waals surface area contributed by atoms with Gasteiger partial charge in [-0.05, 0) is 19.9 Å². The predicted octanol–water partition coefficient (Wildman–Crippen LogP) is 2.90. The first-order valence-corrected chi connectivity index (χ1v) is 6.72. The van der Waals surface area contributed by atoms with E-state index in [0.29, 0.717) is 12.5 Å². The van der Waals surface area contributed by atoms with Crippen LogP contribution in [0.5, 0.6) is 0 Å². The minimum atomic E-state index is 0.604. The van der Waals surface area contributed by atoms with E-state index in [-0.39, 0.29) is 0 Å². The molecule has 0 unspecified atom stereocenters. The normalized spacial score (nSPS) is 19.4. The third kappa shape index (κ3) is 5.74. The molecular formula is C12H24ClNO. The molecule has 0 aromatic carbocycles.